The Labute approximate surface area is 157 Å². The van der Waals surface area contributed by atoms with Crippen LogP contribution in [-0.2, 0) is 24.2 Å². The molecule has 1 unspecified atom stereocenters. The minimum Gasteiger partial charge on any atom is -0.382 e. The molecular formula is C22H22N4O. The first-order valence-corrected chi connectivity index (χ1v) is 9.45. The number of aromatic nitrogens is 3. The lowest BCUT2D eigenvalue weighted by atomic mass is 9.96. The number of benzene rings is 2. The molecule has 0 amide bonds. The number of hydrogen-bond acceptors (Lipinski definition) is 4. The van der Waals surface area contributed by atoms with Crippen molar-refractivity contribution in [3.63, 3.8) is 0 Å². The zero-order valence-corrected chi connectivity index (χ0v) is 15.4. The van der Waals surface area contributed by atoms with Crippen molar-refractivity contribution in [2.45, 2.75) is 32.4 Å². The van der Waals surface area contributed by atoms with Gasteiger partial charge in [-0.05, 0) is 23.6 Å². The summed E-state index contributed by atoms with van der Waals surface area (Å²) in [5, 5.41) is 1.19. The van der Waals surface area contributed by atoms with Gasteiger partial charge in [-0.2, -0.15) is 0 Å². The Morgan fingerprint density at radius 1 is 1.11 bits per heavy atom. The quantitative estimate of drug-likeness (QED) is 0.585. The summed E-state index contributed by atoms with van der Waals surface area (Å²) in [7, 11) is 0. The summed E-state index contributed by atoms with van der Waals surface area (Å²) in [5.74, 6) is 1.56. The number of nitrogens with zero attached hydrogens (tertiary/aromatic N) is 3. The number of anilines is 1. The van der Waals surface area contributed by atoms with Gasteiger partial charge in [-0.15, -0.1) is 0 Å². The average molecular weight is 358 g/mol. The maximum atomic E-state index is 6.24. The van der Waals surface area contributed by atoms with Crippen LogP contribution in [0.15, 0.2) is 48.5 Å². The molecule has 0 radical (unpaired) electrons. The molecule has 0 aliphatic carbocycles. The van der Waals surface area contributed by atoms with Gasteiger partial charge >= 0.3 is 0 Å². The van der Waals surface area contributed by atoms with Gasteiger partial charge in [-0.3, -0.25) is 0 Å². The van der Waals surface area contributed by atoms with Crippen molar-refractivity contribution in [1.29, 1.82) is 0 Å². The lowest BCUT2D eigenvalue weighted by Gasteiger charge is -2.27. The maximum Gasteiger partial charge on any atom is 0.152 e. The molecule has 27 heavy (non-hydrogen) atoms. The van der Waals surface area contributed by atoms with E-state index in [4.69, 9.17) is 15.5 Å². The van der Waals surface area contributed by atoms with E-state index in [1.54, 1.807) is 0 Å². The molecule has 0 saturated heterocycles. The SMILES string of the molecule is CCc1nc2c(N)nc3cccc4c3c2n1C(COCc1ccccc1)C4. The molecule has 2 aromatic heterocycles. The highest BCUT2D eigenvalue weighted by Crippen LogP contribution is 2.38. The third kappa shape index (κ3) is 2.58. The average Bonchev–Trinajstić information content (AvgIpc) is 3.09. The van der Waals surface area contributed by atoms with Crippen molar-refractivity contribution >= 4 is 27.8 Å². The number of nitrogens with two attached hydrogens (primary N) is 1. The second kappa shape index (κ2) is 6.35. The topological polar surface area (TPSA) is 66.0 Å². The smallest absolute Gasteiger partial charge is 0.152 e. The van der Waals surface area contributed by atoms with E-state index in [0.29, 0.717) is 19.0 Å². The van der Waals surface area contributed by atoms with Gasteiger partial charge in [-0.25, -0.2) is 9.97 Å². The van der Waals surface area contributed by atoms with E-state index in [-0.39, 0.29) is 6.04 Å². The summed E-state index contributed by atoms with van der Waals surface area (Å²) >= 11 is 0. The van der Waals surface area contributed by atoms with Crippen LogP contribution in [-0.4, -0.2) is 21.1 Å². The number of rotatable bonds is 5. The Balaban J connectivity index is 1.57. The second-order valence-corrected chi connectivity index (χ2v) is 7.12. The fraction of sp³-hybridized carbons (Fsp3) is 0.273. The third-order valence-electron chi connectivity index (χ3n) is 5.39. The molecule has 1 aliphatic rings. The van der Waals surface area contributed by atoms with Gasteiger partial charge in [0.2, 0.25) is 0 Å². The highest BCUT2D eigenvalue weighted by atomic mass is 16.5. The van der Waals surface area contributed by atoms with E-state index in [2.05, 4.69) is 40.7 Å². The normalized spacial score (nSPS) is 15.8. The summed E-state index contributed by atoms with van der Waals surface area (Å²) in [6.07, 6.45) is 1.77. The molecule has 3 heterocycles. The van der Waals surface area contributed by atoms with Crippen LogP contribution in [0, 0.1) is 0 Å². The van der Waals surface area contributed by atoms with Crippen molar-refractivity contribution in [1.82, 2.24) is 14.5 Å². The van der Waals surface area contributed by atoms with Gasteiger partial charge < -0.3 is 15.0 Å². The largest absolute Gasteiger partial charge is 0.382 e. The molecule has 2 N–H and O–H groups in total. The third-order valence-corrected chi connectivity index (χ3v) is 5.39. The number of ether oxygens (including phenoxy) is 1. The highest BCUT2D eigenvalue weighted by Gasteiger charge is 2.28. The fourth-order valence-corrected chi connectivity index (χ4v) is 4.21. The molecule has 0 saturated carbocycles. The first kappa shape index (κ1) is 16.3. The summed E-state index contributed by atoms with van der Waals surface area (Å²) in [6.45, 7) is 3.39. The minimum atomic E-state index is 0.216. The van der Waals surface area contributed by atoms with Crippen molar-refractivity contribution in [3.05, 3.63) is 65.5 Å². The minimum absolute atomic E-state index is 0.216. The Morgan fingerprint density at radius 3 is 2.78 bits per heavy atom. The molecule has 5 nitrogen and oxygen atoms in total. The molecule has 136 valence electrons. The van der Waals surface area contributed by atoms with E-state index in [1.165, 1.54) is 16.5 Å². The van der Waals surface area contributed by atoms with Crippen LogP contribution in [0.2, 0.25) is 0 Å². The number of pyridine rings is 1. The molecule has 0 fully saturated rings. The van der Waals surface area contributed by atoms with E-state index in [9.17, 15) is 0 Å². The lowest BCUT2D eigenvalue weighted by Crippen LogP contribution is -2.23. The summed E-state index contributed by atoms with van der Waals surface area (Å²) < 4.78 is 8.45. The van der Waals surface area contributed by atoms with Crippen molar-refractivity contribution in [2.75, 3.05) is 12.3 Å². The van der Waals surface area contributed by atoms with E-state index < -0.39 is 0 Å². The number of hydrogen-bond donors (Lipinski definition) is 1. The van der Waals surface area contributed by atoms with E-state index in [0.717, 1.165) is 35.2 Å². The van der Waals surface area contributed by atoms with Crippen molar-refractivity contribution in [3.8, 4) is 0 Å². The first-order chi connectivity index (χ1) is 13.3. The second-order valence-electron chi connectivity index (χ2n) is 7.12. The van der Waals surface area contributed by atoms with Gasteiger partial charge in [-0.1, -0.05) is 49.4 Å². The van der Waals surface area contributed by atoms with Crippen LogP contribution in [0.5, 0.6) is 0 Å². The van der Waals surface area contributed by atoms with Gasteiger partial charge in [0.05, 0.1) is 30.3 Å². The standard InChI is InChI=1S/C22H22N4O/c1-2-18-25-20-21-19-15(9-6-10-17(19)24-22(20)23)11-16(26(18)21)13-27-12-14-7-4-3-5-8-14/h3-10,16H,2,11-13H2,1H3,(H2,23,24). The highest BCUT2D eigenvalue weighted by molar-refractivity contribution is 6.08. The van der Waals surface area contributed by atoms with Crippen LogP contribution in [0.1, 0.15) is 29.9 Å². The number of nitrogen functional groups attached to an aromatic ring is 1. The summed E-state index contributed by atoms with van der Waals surface area (Å²) in [5.41, 5.74) is 11.6. The molecule has 5 heteroatoms. The van der Waals surface area contributed by atoms with E-state index >= 15 is 0 Å². The summed E-state index contributed by atoms with van der Waals surface area (Å²) in [4.78, 5) is 9.41. The molecule has 0 bridgehead atoms. The van der Waals surface area contributed by atoms with Crippen LogP contribution < -0.4 is 5.73 Å². The predicted octanol–water partition coefficient (Wildman–Crippen LogP) is 4.04. The molecule has 1 atom stereocenters. The molecule has 1 aliphatic heterocycles. The van der Waals surface area contributed by atoms with Gasteiger partial charge in [0.25, 0.3) is 0 Å². The molecule has 2 aromatic carbocycles. The molecule has 5 rings (SSSR count). The lowest BCUT2D eigenvalue weighted by molar-refractivity contribution is 0.0897. The van der Waals surface area contributed by atoms with Crippen LogP contribution in [0.4, 0.5) is 5.82 Å². The van der Waals surface area contributed by atoms with Crippen LogP contribution in [0.25, 0.3) is 21.9 Å². The Hall–Kier alpha value is -2.92. The maximum absolute atomic E-state index is 6.24. The van der Waals surface area contributed by atoms with Crippen LogP contribution in [0.3, 0.4) is 0 Å². The van der Waals surface area contributed by atoms with Crippen molar-refractivity contribution in [2.24, 2.45) is 0 Å². The van der Waals surface area contributed by atoms with Crippen LogP contribution >= 0.6 is 0 Å². The van der Waals surface area contributed by atoms with Crippen molar-refractivity contribution < 1.29 is 4.74 Å². The zero-order chi connectivity index (χ0) is 18.4. The molecular weight excluding hydrogens is 336 g/mol. The predicted molar refractivity (Wildman–Crippen MR) is 108 cm³/mol. The Kier molecular flexibility index (Phi) is 3.83. The monoisotopic (exact) mass is 358 g/mol. The Morgan fingerprint density at radius 2 is 1.96 bits per heavy atom. The first-order valence-electron chi connectivity index (χ1n) is 9.45. The van der Waals surface area contributed by atoms with Gasteiger partial charge in [0.1, 0.15) is 11.3 Å². The number of aryl methyl sites for hydroxylation is 1. The van der Waals surface area contributed by atoms with Gasteiger partial charge in [0, 0.05) is 11.8 Å². The zero-order valence-electron chi connectivity index (χ0n) is 15.4. The number of imidazole rings is 1. The fourth-order valence-electron chi connectivity index (χ4n) is 4.21. The Bertz CT molecular complexity index is 1130. The van der Waals surface area contributed by atoms with E-state index in [1.807, 2.05) is 24.3 Å². The van der Waals surface area contributed by atoms with Gasteiger partial charge in [0.15, 0.2) is 5.82 Å². The molecule has 4 aromatic rings. The summed E-state index contributed by atoms with van der Waals surface area (Å²) in [6, 6.07) is 16.8. The molecule has 0 spiro atoms.